The van der Waals surface area contributed by atoms with E-state index < -0.39 is 26.4 Å². The maximum Gasteiger partial charge on any atom is 0.341 e. The Balaban J connectivity index is 2.83. The number of hydrogen-bond donors (Lipinski definition) is 2. The molecule has 0 heterocycles. The molecule has 0 atom stereocenters. The first kappa shape index (κ1) is 15.4. The Morgan fingerprint density at radius 1 is 1.32 bits per heavy atom. The number of nitrogens with two attached hydrogens (primary N) is 1. The number of anilines is 1. The van der Waals surface area contributed by atoms with E-state index in [2.05, 4.69) is 5.32 Å². The number of sulfone groups is 1. The fraction of sp³-hybridized carbons (Fsp3) is 0.364. The summed E-state index contributed by atoms with van der Waals surface area (Å²) in [4.78, 5) is 10.1. The standard InChI is InChI=1S/C11H14F2N2O3S/c12-11(13)19(17,18)9-5-2-1-4-8(9)15-7-3-6-10(14)16/h1-2,4-5,11,15H,3,6-7H2,(H2,14,16). The van der Waals surface area contributed by atoms with Gasteiger partial charge in [-0.2, -0.15) is 8.78 Å². The Morgan fingerprint density at radius 3 is 2.53 bits per heavy atom. The summed E-state index contributed by atoms with van der Waals surface area (Å²) in [6.45, 7) is 0.263. The van der Waals surface area contributed by atoms with Crippen molar-refractivity contribution in [1.82, 2.24) is 0 Å². The first-order chi connectivity index (χ1) is 8.85. The van der Waals surface area contributed by atoms with Crippen LogP contribution in [0.2, 0.25) is 0 Å². The van der Waals surface area contributed by atoms with Crippen molar-refractivity contribution in [3.05, 3.63) is 24.3 Å². The third-order valence-corrected chi connectivity index (χ3v) is 3.78. The van der Waals surface area contributed by atoms with Crippen LogP contribution >= 0.6 is 0 Å². The zero-order chi connectivity index (χ0) is 14.5. The van der Waals surface area contributed by atoms with Crippen molar-refractivity contribution in [3.8, 4) is 0 Å². The van der Waals surface area contributed by atoms with E-state index in [1.165, 1.54) is 18.2 Å². The lowest BCUT2D eigenvalue weighted by atomic mass is 10.2. The molecule has 19 heavy (non-hydrogen) atoms. The second-order valence-electron chi connectivity index (χ2n) is 3.80. The highest BCUT2D eigenvalue weighted by Gasteiger charge is 2.28. The van der Waals surface area contributed by atoms with Gasteiger partial charge in [-0.05, 0) is 18.6 Å². The van der Waals surface area contributed by atoms with Crippen LogP contribution in [0.3, 0.4) is 0 Å². The number of carbonyl (C=O) groups excluding carboxylic acids is 1. The minimum absolute atomic E-state index is 0.0901. The number of alkyl halides is 2. The number of rotatable bonds is 7. The molecular weight excluding hydrogens is 278 g/mol. The number of carbonyl (C=O) groups is 1. The fourth-order valence-corrected chi connectivity index (χ4v) is 2.35. The van der Waals surface area contributed by atoms with Gasteiger partial charge in [0, 0.05) is 13.0 Å². The van der Waals surface area contributed by atoms with Crippen LogP contribution in [0.5, 0.6) is 0 Å². The number of primary amides is 1. The van der Waals surface area contributed by atoms with E-state index in [1.807, 2.05) is 0 Å². The molecule has 0 saturated carbocycles. The van der Waals surface area contributed by atoms with Gasteiger partial charge in [0.2, 0.25) is 15.7 Å². The van der Waals surface area contributed by atoms with Crippen molar-refractivity contribution in [2.24, 2.45) is 5.73 Å². The van der Waals surface area contributed by atoms with Gasteiger partial charge in [0.05, 0.1) is 10.6 Å². The molecule has 1 aromatic carbocycles. The van der Waals surface area contributed by atoms with Crippen LogP contribution in [0.25, 0.3) is 0 Å². The minimum atomic E-state index is -4.65. The number of amides is 1. The summed E-state index contributed by atoms with van der Waals surface area (Å²) in [6, 6.07) is 5.39. The summed E-state index contributed by atoms with van der Waals surface area (Å²) < 4.78 is 47.9. The van der Waals surface area contributed by atoms with Crippen LogP contribution in [0, 0.1) is 0 Å². The maximum atomic E-state index is 12.5. The van der Waals surface area contributed by atoms with Gasteiger partial charge in [0.15, 0.2) is 0 Å². The molecule has 0 aromatic heterocycles. The Bertz CT molecular complexity index is 547. The quantitative estimate of drug-likeness (QED) is 0.743. The largest absolute Gasteiger partial charge is 0.384 e. The lowest BCUT2D eigenvalue weighted by Gasteiger charge is -2.11. The van der Waals surface area contributed by atoms with Gasteiger partial charge >= 0.3 is 5.76 Å². The molecule has 0 fully saturated rings. The van der Waals surface area contributed by atoms with Crippen LogP contribution in [0.1, 0.15) is 12.8 Å². The molecule has 106 valence electrons. The molecule has 1 rings (SSSR count). The fourth-order valence-electron chi connectivity index (χ4n) is 1.44. The third kappa shape index (κ3) is 4.16. The second-order valence-corrected chi connectivity index (χ2v) is 5.68. The summed E-state index contributed by atoms with van der Waals surface area (Å²) >= 11 is 0. The summed E-state index contributed by atoms with van der Waals surface area (Å²) in [7, 11) is -4.65. The van der Waals surface area contributed by atoms with Crippen molar-refractivity contribution in [1.29, 1.82) is 0 Å². The molecule has 0 aliphatic rings. The monoisotopic (exact) mass is 292 g/mol. The number of hydrogen-bond acceptors (Lipinski definition) is 4. The molecule has 0 aliphatic heterocycles. The van der Waals surface area contributed by atoms with Gasteiger partial charge < -0.3 is 11.1 Å². The SMILES string of the molecule is NC(=O)CCCNc1ccccc1S(=O)(=O)C(F)F. The first-order valence-electron chi connectivity index (χ1n) is 5.49. The first-order valence-corrected chi connectivity index (χ1v) is 7.03. The maximum absolute atomic E-state index is 12.5. The van der Waals surface area contributed by atoms with Gasteiger partial charge in [-0.1, -0.05) is 12.1 Å². The van der Waals surface area contributed by atoms with Crippen molar-refractivity contribution in [2.75, 3.05) is 11.9 Å². The average Bonchev–Trinajstić information content (AvgIpc) is 2.34. The highest BCUT2D eigenvalue weighted by atomic mass is 32.2. The molecule has 0 spiro atoms. The van der Waals surface area contributed by atoms with Gasteiger partial charge in [-0.3, -0.25) is 4.79 Å². The lowest BCUT2D eigenvalue weighted by Crippen LogP contribution is -2.16. The van der Waals surface area contributed by atoms with Crippen LogP contribution < -0.4 is 11.1 Å². The molecule has 0 bridgehead atoms. The molecule has 3 N–H and O–H groups in total. The number of benzene rings is 1. The molecule has 1 aromatic rings. The Hall–Kier alpha value is -1.70. The topological polar surface area (TPSA) is 89.3 Å². The smallest absolute Gasteiger partial charge is 0.341 e. The van der Waals surface area contributed by atoms with Gasteiger partial charge in [-0.15, -0.1) is 0 Å². The Kier molecular flexibility index (Phi) is 5.22. The normalized spacial score (nSPS) is 11.5. The summed E-state index contributed by atoms with van der Waals surface area (Å²) in [5.74, 6) is -3.95. The average molecular weight is 292 g/mol. The molecule has 8 heteroatoms. The van der Waals surface area contributed by atoms with Crippen molar-refractivity contribution >= 4 is 21.4 Å². The second kappa shape index (κ2) is 6.46. The summed E-state index contributed by atoms with van der Waals surface area (Å²) in [6.07, 6.45) is 0.523. The third-order valence-electron chi connectivity index (χ3n) is 2.34. The minimum Gasteiger partial charge on any atom is -0.384 e. The van der Waals surface area contributed by atoms with E-state index in [9.17, 15) is 22.0 Å². The molecule has 0 aliphatic carbocycles. The molecule has 0 radical (unpaired) electrons. The molecule has 1 amide bonds. The van der Waals surface area contributed by atoms with E-state index in [-0.39, 0.29) is 18.7 Å². The zero-order valence-electron chi connectivity index (χ0n) is 9.97. The van der Waals surface area contributed by atoms with Gasteiger partial charge in [0.1, 0.15) is 0 Å². The van der Waals surface area contributed by atoms with E-state index in [1.54, 1.807) is 0 Å². The highest BCUT2D eigenvalue weighted by Crippen LogP contribution is 2.25. The van der Waals surface area contributed by atoms with Crippen molar-refractivity contribution < 1.29 is 22.0 Å². The summed E-state index contributed by atoms with van der Waals surface area (Å²) in [5, 5.41) is 2.71. The predicted octanol–water partition coefficient (Wildman–Crippen LogP) is 1.36. The highest BCUT2D eigenvalue weighted by molar-refractivity contribution is 7.91. The van der Waals surface area contributed by atoms with Crippen LogP contribution in [-0.4, -0.2) is 26.6 Å². The van der Waals surface area contributed by atoms with Crippen LogP contribution in [0.4, 0.5) is 14.5 Å². The van der Waals surface area contributed by atoms with Crippen LogP contribution in [-0.2, 0) is 14.6 Å². The van der Waals surface area contributed by atoms with Crippen LogP contribution in [0.15, 0.2) is 29.2 Å². The van der Waals surface area contributed by atoms with E-state index >= 15 is 0 Å². The Morgan fingerprint density at radius 2 is 1.95 bits per heavy atom. The number of halogens is 2. The lowest BCUT2D eigenvalue weighted by molar-refractivity contribution is -0.118. The van der Waals surface area contributed by atoms with E-state index in [0.717, 1.165) is 6.07 Å². The molecular formula is C11H14F2N2O3S. The van der Waals surface area contributed by atoms with Gasteiger partial charge in [0.25, 0.3) is 0 Å². The van der Waals surface area contributed by atoms with E-state index in [4.69, 9.17) is 5.73 Å². The molecule has 0 unspecified atom stereocenters. The Labute approximate surface area is 109 Å². The molecule has 0 saturated heterocycles. The van der Waals surface area contributed by atoms with E-state index in [0.29, 0.717) is 6.42 Å². The summed E-state index contributed by atoms with van der Waals surface area (Å²) in [5.41, 5.74) is 5.04. The number of para-hydroxylation sites is 1. The predicted molar refractivity (Wildman–Crippen MR) is 66.5 cm³/mol. The van der Waals surface area contributed by atoms with Crippen molar-refractivity contribution in [3.63, 3.8) is 0 Å². The number of nitrogens with one attached hydrogen (secondary N) is 1. The zero-order valence-corrected chi connectivity index (χ0v) is 10.8. The van der Waals surface area contributed by atoms with Gasteiger partial charge in [-0.25, -0.2) is 8.42 Å². The van der Waals surface area contributed by atoms with Crippen molar-refractivity contribution in [2.45, 2.75) is 23.5 Å². The molecule has 5 nitrogen and oxygen atoms in total.